The Kier molecular flexibility index (Phi) is 4.10. The summed E-state index contributed by atoms with van der Waals surface area (Å²) in [5.74, 6) is 1.83. The van der Waals surface area contributed by atoms with Crippen molar-refractivity contribution >= 4 is 18.2 Å². The van der Waals surface area contributed by atoms with Gasteiger partial charge in [0.05, 0.1) is 0 Å². The Hall–Kier alpha value is -0.180. The molecule has 1 aliphatic rings. The Morgan fingerprint density at radius 3 is 2.85 bits per heavy atom. The van der Waals surface area contributed by atoms with E-state index in [1.807, 2.05) is 16.7 Å². The highest BCUT2D eigenvalue weighted by atomic mass is 32.2. The first-order valence-corrected chi connectivity index (χ1v) is 6.02. The fraction of sp³-hybridized carbons (Fsp3) is 0.900. The molecule has 1 aliphatic heterocycles. The van der Waals surface area contributed by atoms with E-state index in [1.165, 1.54) is 6.42 Å². The summed E-state index contributed by atoms with van der Waals surface area (Å²) in [6.45, 7) is 7.57. The largest absolute Gasteiger partial charge is 0.341 e. The van der Waals surface area contributed by atoms with Crippen LogP contribution in [0.15, 0.2) is 0 Å². The summed E-state index contributed by atoms with van der Waals surface area (Å²) in [7, 11) is 0. The third kappa shape index (κ3) is 2.90. The molecule has 0 N–H and O–H groups in total. The maximum absolute atomic E-state index is 10.7. The second kappa shape index (κ2) is 4.89. The number of amides is 1. The standard InChI is InChI=1S/C10H19NOS/c1-8(2)6-10-9(3)11(7-12)4-5-13-10/h7-10H,4-6H2,1-3H3. The first-order chi connectivity index (χ1) is 6.15. The Balaban J connectivity index is 2.49. The van der Waals surface area contributed by atoms with Crippen LogP contribution < -0.4 is 0 Å². The van der Waals surface area contributed by atoms with Crippen LogP contribution in [0.1, 0.15) is 27.2 Å². The maximum Gasteiger partial charge on any atom is 0.210 e. The van der Waals surface area contributed by atoms with Crippen LogP contribution in [-0.2, 0) is 4.79 Å². The Morgan fingerprint density at radius 1 is 1.62 bits per heavy atom. The molecule has 0 bridgehead atoms. The molecule has 0 aromatic heterocycles. The minimum absolute atomic E-state index is 0.415. The number of carbonyl (C=O) groups excluding carboxylic acids is 1. The summed E-state index contributed by atoms with van der Waals surface area (Å²) in [5.41, 5.74) is 0. The molecule has 1 fully saturated rings. The van der Waals surface area contributed by atoms with Crippen molar-refractivity contribution in [2.45, 2.75) is 38.5 Å². The SMILES string of the molecule is CC(C)CC1SCCN(C=O)C1C. The predicted molar refractivity (Wildman–Crippen MR) is 57.9 cm³/mol. The van der Waals surface area contributed by atoms with Crippen molar-refractivity contribution in [3.8, 4) is 0 Å². The number of hydrogen-bond acceptors (Lipinski definition) is 2. The van der Waals surface area contributed by atoms with Gasteiger partial charge in [-0.2, -0.15) is 11.8 Å². The minimum atomic E-state index is 0.415. The molecule has 1 heterocycles. The van der Waals surface area contributed by atoms with E-state index in [0.717, 1.165) is 24.6 Å². The van der Waals surface area contributed by atoms with E-state index in [4.69, 9.17) is 0 Å². The normalized spacial score (nSPS) is 29.4. The van der Waals surface area contributed by atoms with Gasteiger partial charge in [-0.1, -0.05) is 13.8 Å². The van der Waals surface area contributed by atoms with E-state index in [2.05, 4.69) is 20.8 Å². The smallest absolute Gasteiger partial charge is 0.210 e. The molecular formula is C10H19NOS. The van der Waals surface area contributed by atoms with Gasteiger partial charge in [-0.3, -0.25) is 4.79 Å². The molecule has 0 aromatic carbocycles. The lowest BCUT2D eigenvalue weighted by atomic mass is 10.0. The van der Waals surface area contributed by atoms with Crippen molar-refractivity contribution in [1.82, 2.24) is 4.90 Å². The summed E-state index contributed by atoms with van der Waals surface area (Å²) >= 11 is 2.02. The molecular weight excluding hydrogens is 182 g/mol. The minimum Gasteiger partial charge on any atom is -0.341 e. The zero-order chi connectivity index (χ0) is 9.84. The molecule has 3 heteroatoms. The lowest BCUT2D eigenvalue weighted by molar-refractivity contribution is -0.119. The third-order valence-electron chi connectivity index (χ3n) is 2.58. The van der Waals surface area contributed by atoms with Gasteiger partial charge in [0, 0.05) is 23.6 Å². The molecule has 1 saturated heterocycles. The zero-order valence-electron chi connectivity index (χ0n) is 8.69. The van der Waals surface area contributed by atoms with Gasteiger partial charge in [-0.15, -0.1) is 0 Å². The second-order valence-corrected chi connectivity index (χ2v) is 5.47. The summed E-state index contributed by atoms with van der Waals surface area (Å²) in [6.07, 6.45) is 2.22. The van der Waals surface area contributed by atoms with Crippen LogP contribution in [0.2, 0.25) is 0 Å². The van der Waals surface area contributed by atoms with Crippen LogP contribution in [0.5, 0.6) is 0 Å². The average Bonchev–Trinajstić information content (AvgIpc) is 2.08. The van der Waals surface area contributed by atoms with Crippen molar-refractivity contribution in [3.05, 3.63) is 0 Å². The van der Waals surface area contributed by atoms with Crippen LogP contribution in [0.4, 0.5) is 0 Å². The highest BCUT2D eigenvalue weighted by Crippen LogP contribution is 2.28. The molecule has 2 atom stereocenters. The third-order valence-corrected chi connectivity index (χ3v) is 4.01. The van der Waals surface area contributed by atoms with E-state index in [0.29, 0.717) is 11.3 Å². The Bertz CT molecular complexity index is 172. The molecule has 0 aliphatic carbocycles. The zero-order valence-corrected chi connectivity index (χ0v) is 9.51. The fourth-order valence-corrected chi connectivity index (χ4v) is 3.32. The highest BCUT2D eigenvalue weighted by molar-refractivity contribution is 8.00. The maximum atomic E-state index is 10.7. The molecule has 2 unspecified atom stereocenters. The van der Waals surface area contributed by atoms with Crippen LogP contribution in [0, 0.1) is 5.92 Å². The number of hydrogen-bond donors (Lipinski definition) is 0. The van der Waals surface area contributed by atoms with E-state index in [-0.39, 0.29) is 0 Å². The van der Waals surface area contributed by atoms with Crippen molar-refractivity contribution in [2.75, 3.05) is 12.3 Å². The summed E-state index contributed by atoms with van der Waals surface area (Å²) < 4.78 is 0. The lowest BCUT2D eigenvalue weighted by Crippen LogP contribution is -2.45. The molecule has 0 radical (unpaired) electrons. The van der Waals surface area contributed by atoms with Crippen LogP contribution in [-0.4, -0.2) is 34.9 Å². The predicted octanol–water partition coefficient (Wildman–Crippen LogP) is 1.99. The Morgan fingerprint density at radius 2 is 2.31 bits per heavy atom. The van der Waals surface area contributed by atoms with Gasteiger partial charge >= 0.3 is 0 Å². The van der Waals surface area contributed by atoms with E-state index < -0.39 is 0 Å². The molecule has 0 saturated carbocycles. The average molecular weight is 201 g/mol. The number of thioether (sulfide) groups is 1. The number of nitrogens with zero attached hydrogens (tertiary/aromatic N) is 1. The van der Waals surface area contributed by atoms with Crippen molar-refractivity contribution in [1.29, 1.82) is 0 Å². The first-order valence-electron chi connectivity index (χ1n) is 4.97. The number of carbonyl (C=O) groups is 1. The second-order valence-electron chi connectivity index (χ2n) is 4.12. The van der Waals surface area contributed by atoms with E-state index in [9.17, 15) is 4.79 Å². The first kappa shape index (κ1) is 10.9. The van der Waals surface area contributed by atoms with Crippen molar-refractivity contribution in [3.63, 3.8) is 0 Å². The summed E-state index contributed by atoms with van der Waals surface area (Å²) in [6, 6.07) is 0.415. The molecule has 1 rings (SSSR count). The van der Waals surface area contributed by atoms with Gasteiger partial charge in [0.2, 0.25) is 6.41 Å². The van der Waals surface area contributed by atoms with E-state index >= 15 is 0 Å². The van der Waals surface area contributed by atoms with Crippen LogP contribution in [0.3, 0.4) is 0 Å². The van der Waals surface area contributed by atoms with Crippen molar-refractivity contribution in [2.24, 2.45) is 5.92 Å². The van der Waals surface area contributed by atoms with Gasteiger partial charge in [0.15, 0.2) is 0 Å². The van der Waals surface area contributed by atoms with Crippen LogP contribution >= 0.6 is 11.8 Å². The Labute approximate surface area is 85.1 Å². The monoisotopic (exact) mass is 201 g/mol. The van der Waals surface area contributed by atoms with Gasteiger partial charge in [0.1, 0.15) is 0 Å². The summed E-state index contributed by atoms with van der Waals surface area (Å²) in [5, 5.41) is 0.638. The van der Waals surface area contributed by atoms with Crippen molar-refractivity contribution < 1.29 is 4.79 Å². The lowest BCUT2D eigenvalue weighted by Gasteiger charge is -2.37. The van der Waals surface area contributed by atoms with Gasteiger partial charge in [-0.05, 0) is 19.3 Å². The van der Waals surface area contributed by atoms with Gasteiger partial charge < -0.3 is 4.90 Å². The number of rotatable bonds is 3. The van der Waals surface area contributed by atoms with Crippen LogP contribution in [0.25, 0.3) is 0 Å². The van der Waals surface area contributed by atoms with Gasteiger partial charge in [0.25, 0.3) is 0 Å². The molecule has 76 valence electrons. The fourth-order valence-electron chi connectivity index (χ4n) is 1.74. The molecule has 2 nitrogen and oxygen atoms in total. The van der Waals surface area contributed by atoms with Gasteiger partial charge in [-0.25, -0.2) is 0 Å². The quantitative estimate of drug-likeness (QED) is 0.651. The topological polar surface area (TPSA) is 20.3 Å². The highest BCUT2D eigenvalue weighted by Gasteiger charge is 2.27. The molecule has 13 heavy (non-hydrogen) atoms. The summed E-state index contributed by atoms with van der Waals surface area (Å²) in [4.78, 5) is 12.7. The molecule has 0 spiro atoms. The molecule has 0 aromatic rings. The molecule has 1 amide bonds. The van der Waals surface area contributed by atoms with E-state index in [1.54, 1.807) is 0 Å².